The maximum absolute atomic E-state index is 5.90. The minimum Gasteiger partial charge on any atom is -0.480 e. The number of rotatable bonds is 2. The lowest BCUT2D eigenvalue weighted by Gasteiger charge is -2.12. The number of ether oxygens (including phenoxy) is 1. The van der Waals surface area contributed by atoms with Crippen molar-refractivity contribution in [2.45, 2.75) is 6.92 Å². The van der Waals surface area contributed by atoms with E-state index in [1.54, 1.807) is 4.90 Å². The lowest BCUT2D eigenvalue weighted by Crippen LogP contribution is -2.13. The monoisotopic (exact) mass is 201 g/mol. The van der Waals surface area contributed by atoms with Gasteiger partial charge in [-0.1, -0.05) is 11.6 Å². The molecule has 1 heterocycles. The fourth-order valence-electron chi connectivity index (χ4n) is 0.854. The van der Waals surface area contributed by atoms with Crippen molar-refractivity contribution in [3.8, 4) is 5.88 Å². The molecular formula is C8H12ClN3O. The van der Waals surface area contributed by atoms with Gasteiger partial charge in [-0.25, -0.2) is 4.98 Å². The zero-order valence-corrected chi connectivity index (χ0v) is 8.88. The third kappa shape index (κ3) is 2.01. The van der Waals surface area contributed by atoms with Gasteiger partial charge in [-0.15, -0.1) is 0 Å². The zero-order chi connectivity index (χ0) is 10.0. The van der Waals surface area contributed by atoms with Crippen LogP contribution in [-0.4, -0.2) is 31.2 Å². The molecule has 0 amide bonds. The summed E-state index contributed by atoms with van der Waals surface area (Å²) < 4.78 is 5.01. The Morgan fingerprint density at radius 3 is 2.38 bits per heavy atom. The van der Waals surface area contributed by atoms with Gasteiger partial charge in [0, 0.05) is 14.1 Å². The van der Waals surface area contributed by atoms with Gasteiger partial charge in [-0.2, -0.15) is 4.98 Å². The van der Waals surface area contributed by atoms with Crippen LogP contribution in [0.1, 0.15) is 5.69 Å². The molecule has 0 N–H and O–H groups in total. The first kappa shape index (κ1) is 10.1. The molecule has 1 aromatic heterocycles. The third-order valence-corrected chi connectivity index (χ3v) is 2.00. The van der Waals surface area contributed by atoms with Gasteiger partial charge in [0.15, 0.2) is 0 Å². The number of aryl methyl sites for hydroxylation is 1. The highest BCUT2D eigenvalue weighted by molar-refractivity contribution is 6.32. The van der Waals surface area contributed by atoms with Crippen LogP contribution in [0.25, 0.3) is 0 Å². The molecule has 0 saturated carbocycles. The zero-order valence-electron chi connectivity index (χ0n) is 8.13. The Morgan fingerprint density at radius 1 is 1.31 bits per heavy atom. The van der Waals surface area contributed by atoms with Crippen molar-refractivity contribution in [2.75, 3.05) is 26.1 Å². The summed E-state index contributed by atoms with van der Waals surface area (Å²) in [6.07, 6.45) is 0. The molecule has 0 aromatic carbocycles. The first-order valence-electron chi connectivity index (χ1n) is 3.81. The lowest BCUT2D eigenvalue weighted by atomic mass is 10.4. The second-order valence-corrected chi connectivity index (χ2v) is 3.20. The molecule has 5 heteroatoms. The quantitative estimate of drug-likeness (QED) is 0.727. The van der Waals surface area contributed by atoms with Crippen LogP contribution in [0.4, 0.5) is 5.95 Å². The van der Waals surface area contributed by atoms with E-state index < -0.39 is 0 Å². The molecule has 0 aliphatic carbocycles. The number of hydrogen-bond donors (Lipinski definition) is 0. The third-order valence-electron chi connectivity index (χ3n) is 1.57. The normalized spacial score (nSPS) is 9.92. The lowest BCUT2D eigenvalue weighted by molar-refractivity contribution is 0.397. The van der Waals surface area contributed by atoms with Crippen LogP contribution < -0.4 is 9.64 Å². The molecule has 72 valence electrons. The van der Waals surface area contributed by atoms with Crippen LogP contribution in [0.2, 0.25) is 5.02 Å². The van der Waals surface area contributed by atoms with Crippen molar-refractivity contribution in [2.24, 2.45) is 0 Å². The largest absolute Gasteiger partial charge is 0.480 e. The van der Waals surface area contributed by atoms with Gasteiger partial charge in [0.1, 0.15) is 5.02 Å². The smallest absolute Gasteiger partial charge is 0.237 e. The number of nitrogens with zero attached hydrogens (tertiary/aromatic N) is 3. The molecule has 0 atom stereocenters. The second-order valence-electron chi connectivity index (χ2n) is 2.83. The van der Waals surface area contributed by atoms with E-state index in [0.29, 0.717) is 16.9 Å². The molecule has 0 unspecified atom stereocenters. The first-order chi connectivity index (χ1) is 6.06. The molecule has 0 bridgehead atoms. The van der Waals surface area contributed by atoms with Crippen molar-refractivity contribution in [1.82, 2.24) is 9.97 Å². The second kappa shape index (κ2) is 3.79. The summed E-state index contributed by atoms with van der Waals surface area (Å²) in [6.45, 7) is 1.82. The molecule has 13 heavy (non-hydrogen) atoms. The molecule has 0 aliphatic heterocycles. The van der Waals surface area contributed by atoms with Gasteiger partial charge in [-0.05, 0) is 6.92 Å². The maximum atomic E-state index is 5.90. The van der Waals surface area contributed by atoms with E-state index in [4.69, 9.17) is 16.3 Å². The summed E-state index contributed by atoms with van der Waals surface area (Å²) in [5.74, 6) is 1.01. The van der Waals surface area contributed by atoms with Crippen molar-refractivity contribution >= 4 is 17.5 Å². The van der Waals surface area contributed by atoms with Crippen LogP contribution in [0.15, 0.2) is 0 Å². The Balaban J connectivity index is 3.22. The summed E-state index contributed by atoms with van der Waals surface area (Å²) in [7, 11) is 5.26. The van der Waals surface area contributed by atoms with E-state index >= 15 is 0 Å². The van der Waals surface area contributed by atoms with E-state index in [1.807, 2.05) is 21.0 Å². The van der Waals surface area contributed by atoms with Gasteiger partial charge >= 0.3 is 0 Å². The molecule has 0 saturated heterocycles. The number of halogens is 1. The van der Waals surface area contributed by atoms with Crippen LogP contribution in [0.5, 0.6) is 5.88 Å². The minimum atomic E-state index is 0.415. The molecule has 1 aromatic rings. The van der Waals surface area contributed by atoms with Gasteiger partial charge in [-0.3, -0.25) is 0 Å². The fourth-order valence-corrected chi connectivity index (χ4v) is 1.02. The van der Waals surface area contributed by atoms with E-state index in [2.05, 4.69) is 9.97 Å². The molecule has 1 rings (SSSR count). The van der Waals surface area contributed by atoms with Gasteiger partial charge in [0.05, 0.1) is 12.8 Å². The molecule has 0 spiro atoms. The number of methoxy groups -OCH3 is 1. The van der Waals surface area contributed by atoms with Crippen LogP contribution in [0, 0.1) is 6.92 Å². The Labute approximate surface area is 82.5 Å². The highest BCUT2D eigenvalue weighted by atomic mass is 35.5. The van der Waals surface area contributed by atoms with Gasteiger partial charge < -0.3 is 9.64 Å². The van der Waals surface area contributed by atoms with Crippen molar-refractivity contribution in [3.05, 3.63) is 10.7 Å². The summed E-state index contributed by atoms with van der Waals surface area (Å²) in [6, 6.07) is 0. The Kier molecular flexibility index (Phi) is 2.93. The van der Waals surface area contributed by atoms with Crippen LogP contribution in [-0.2, 0) is 0 Å². The standard InChI is InChI=1S/C8H12ClN3O/c1-5-6(9)7(13-4)11-8(10-5)12(2)3/h1-4H3. The molecule has 0 fully saturated rings. The molecule has 0 radical (unpaired) electrons. The Hall–Kier alpha value is -1.03. The summed E-state index contributed by atoms with van der Waals surface area (Å²) >= 11 is 5.90. The van der Waals surface area contributed by atoms with Crippen LogP contribution >= 0.6 is 11.6 Å². The van der Waals surface area contributed by atoms with E-state index in [9.17, 15) is 0 Å². The molecule has 4 nitrogen and oxygen atoms in total. The highest BCUT2D eigenvalue weighted by Crippen LogP contribution is 2.25. The summed E-state index contributed by atoms with van der Waals surface area (Å²) in [5.41, 5.74) is 0.720. The average molecular weight is 202 g/mol. The van der Waals surface area contributed by atoms with Crippen LogP contribution in [0.3, 0.4) is 0 Å². The average Bonchev–Trinajstić information content (AvgIpc) is 2.09. The molecule has 0 aliphatic rings. The topological polar surface area (TPSA) is 38.2 Å². The summed E-state index contributed by atoms with van der Waals surface area (Å²) in [4.78, 5) is 10.1. The predicted octanol–water partition coefficient (Wildman–Crippen LogP) is 1.51. The van der Waals surface area contributed by atoms with E-state index in [1.165, 1.54) is 7.11 Å². The highest BCUT2D eigenvalue weighted by Gasteiger charge is 2.10. The van der Waals surface area contributed by atoms with Crippen molar-refractivity contribution in [1.29, 1.82) is 0 Å². The number of hydrogen-bond acceptors (Lipinski definition) is 4. The first-order valence-corrected chi connectivity index (χ1v) is 4.19. The van der Waals surface area contributed by atoms with Gasteiger partial charge in [0.25, 0.3) is 0 Å². The maximum Gasteiger partial charge on any atom is 0.237 e. The van der Waals surface area contributed by atoms with E-state index in [-0.39, 0.29) is 0 Å². The fraction of sp³-hybridized carbons (Fsp3) is 0.500. The Bertz CT molecular complexity index is 315. The van der Waals surface area contributed by atoms with Crippen molar-refractivity contribution < 1.29 is 4.74 Å². The van der Waals surface area contributed by atoms with Crippen molar-refractivity contribution in [3.63, 3.8) is 0 Å². The Morgan fingerprint density at radius 2 is 1.92 bits per heavy atom. The SMILES string of the molecule is COc1nc(N(C)C)nc(C)c1Cl. The number of anilines is 1. The predicted molar refractivity (Wildman–Crippen MR) is 52.7 cm³/mol. The minimum absolute atomic E-state index is 0.415. The summed E-state index contributed by atoms with van der Waals surface area (Å²) in [5, 5.41) is 0.466. The molecular weight excluding hydrogens is 190 g/mol. The van der Waals surface area contributed by atoms with Gasteiger partial charge in [0.2, 0.25) is 11.8 Å². The number of aromatic nitrogens is 2. The van der Waals surface area contributed by atoms with E-state index in [0.717, 1.165) is 5.69 Å².